The van der Waals surface area contributed by atoms with E-state index in [-0.39, 0.29) is 24.6 Å². The van der Waals surface area contributed by atoms with Crippen LogP contribution in [0, 0.1) is 0 Å². The molecule has 2 aliphatic rings. The zero-order chi connectivity index (χ0) is 10.3. The van der Waals surface area contributed by atoms with Crippen molar-refractivity contribution < 1.29 is 19.4 Å². The Kier molecular flexibility index (Phi) is 1.92. The van der Waals surface area contributed by atoms with Gasteiger partial charge in [0.15, 0.2) is 12.3 Å². The van der Waals surface area contributed by atoms with Crippen LogP contribution < -0.4 is 5.73 Å². The van der Waals surface area contributed by atoms with Crippen molar-refractivity contribution in [1.29, 1.82) is 0 Å². The van der Waals surface area contributed by atoms with Crippen LogP contribution in [-0.2, 0) is 14.3 Å². The van der Waals surface area contributed by atoms with Gasteiger partial charge in [-0.25, -0.2) is 4.79 Å². The van der Waals surface area contributed by atoms with E-state index in [0.717, 1.165) is 0 Å². The highest BCUT2D eigenvalue weighted by Crippen LogP contribution is 2.36. The number of carboxylic acids is 1. The smallest absolute Gasteiger partial charge is 0.334 e. The molecule has 0 aromatic carbocycles. The fourth-order valence-corrected chi connectivity index (χ4v) is 1.69. The van der Waals surface area contributed by atoms with E-state index in [1.54, 1.807) is 0 Å². The van der Waals surface area contributed by atoms with Crippen LogP contribution in [0.1, 0.15) is 6.42 Å². The zero-order valence-corrected chi connectivity index (χ0v) is 7.34. The summed E-state index contributed by atoms with van der Waals surface area (Å²) in [5, 5.41) is 8.89. The molecule has 1 amide bonds. The van der Waals surface area contributed by atoms with Gasteiger partial charge in [0.25, 0.3) is 0 Å². The van der Waals surface area contributed by atoms with Gasteiger partial charge in [0.05, 0.1) is 6.42 Å². The Balaban J connectivity index is 2.26. The lowest BCUT2D eigenvalue weighted by molar-refractivity contribution is -0.163. The highest BCUT2D eigenvalue weighted by Gasteiger charge is 2.53. The molecule has 2 saturated heterocycles. The number of fused-ring (bicyclic) bond motifs is 1. The normalized spacial score (nSPS) is 32.5. The predicted octanol–water partition coefficient (Wildman–Crippen LogP) is -1.13. The third-order valence-electron chi connectivity index (χ3n) is 2.32. The first-order chi connectivity index (χ1) is 6.65. The third kappa shape index (κ3) is 1.07. The first-order valence-corrected chi connectivity index (χ1v) is 4.26. The number of nitrogens with two attached hydrogens (primary N) is 1. The van der Waals surface area contributed by atoms with Gasteiger partial charge in [0, 0.05) is 6.54 Å². The summed E-state index contributed by atoms with van der Waals surface area (Å²) in [6.45, 7) is 0.202. The Bertz CT molecular complexity index is 325. The topological polar surface area (TPSA) is 92.9 Å². The monoisotopic (exact) mass is 198 g/mol. The molecule has 0 spiro atoms. The largest absolute Gasteiger partial charge is 0.479 e. The van der Waals surface area contributed by atoms with Gasteiger partial charge in [-0.3, -0.25) is 9.69 Å². The number of β-lactam (4-membered cyclic amide) rings is 1. The number of ether oxygens (including phenoxy) is 1. The van der Waals surface area contributed by atoms with E-state index < -0.39 is 18.2 Å². The number of carbonyl (C=O) groups excluding carboxylic acids is 1. The van der Waals surface area contributed by atoms with E-state index in [1.165, 1.54) is 11.0 Å². The number of carbonyl (C=O) groups is 2. The SMILES string of the molecule is NC/C=C1\OC2CC(=O)N2[C@@H]1C(=O)O. The maximum absolute atomic E-state index is 11.1. The first kappa shape index (κ1) is 9.01. The molecule has 76 valence electrons. The summed E-state index contributed by atoms with van der Waals surface area (Å²) < 4.78 is 5.25. The number of nitrogens with zero attached hydrogens (tertiary/aromatic N) is 1. The lowest BCUT2D eigenvalue weighted by atomic mass is 10.1. The van der Waals surface area contributed by atoms with Crippen molar-refractivity contribution in [3.8, 4) is 0 Å². The molecule has 6 heteroatoms. The highest BCUT2D eigenvalue weighted by molar-refractivity contribution is 5.91. The number of carboxylic acid groups (broad SMARTS) is 1. The molecule has 0 saturated carbocycles. The molecule has 2 heterocycles. The fourth-order valence-electron chi connectivity index (χ4n) is 1.69. The molecule has 0 aliphatic carbocycles. The first-order valence-electron chi connectivity index (χ1n) is 4.26. The third-order valence-corrected chi connectivity index (χ3v) is 2.32. The van der Waals surface area contributed by atoms with Crippen LogP contribution in [0.4, 0.5) is 0 Å². The Morgan fingerprint density at radius 3 is 3.00 bits per heavy atom. The van der Waals surface area contributed by atoms with Gasteiger partial charge in [0.1, 0.15) is 5.76 Å². The summed E-state index contributed by atoms with van der Waals surface area (Å²) in [5.41, 5.74) is 5.26. The van der Waals surface area contributed by atoms with E-state index in [1.807, 2.05) is 0 Å². The predicted molar refractivity (Wildman–Crippen MR) is 44.9 cm³/mol. The number of amides is 1. The van der Waals surface area contributed by atoms with Crippen molar-refractivity contribution in [2.24, 2.45) is 5.73 Å². The maximum Gasteiger partial charge on any atom is 0.334 e. The molecule has 2 rings (SSSR count). The van der Waals surface area contributed by atoms with Gasteiger partial charge in [-0.2, -0.15) is 0 Å². The Hall–Kier alpha value is -1.56. The van der Waals surface area contributed by atoms with Crippen LogP contribution in [0.5, 0.6) is 0 Å². The molecule has 14 heavy (non-hydrogen) atoms. The van der Waals surface area contributed by atoms with E-state index in [9.17, 15) is 9.59 Å². The Labute approximate surface area is 79.9 Å². The number of rotatable bonds is 2. The summed E-state index contributed by atoms with van der Waals surface area (Å²) in [5.74, 6) is -1.00. The van der Waals surface area contributed by atoms with E-state index in [0.29, 0.717) is 0 Å². The van der Waals surface area contributed by atoms with Crippen LogP contribution in [0.25, 0.3) is 0 Å². The van der Waals surface area contributed by atoms with Gasteiger partial charge in [-0.05, 0) is 6.08 Å². The van der Waals surface area contributed by atoms with Gasteiger partial charge in [0.2, 0.25) is 5.91 Å². The lowest BCUT2D eigenvalue weighted by Gasteiger charge is -2.33. The minimum Gasteiger partial charge on any atom is -0.479 e. The van der Waals surface area contributed by atoms with Gasteiger partial charge in [-0.15, -0.1) is 0 Å². The molecule has 0 aromatic heterocycles. The Morgan fingerprint density at radius 1 is 1.79 bits per heavy atom. The Morgan fingerprint density at radius 2 is 2.50 bits per heavy atom. The summed E-state index contributed by atoms with van der Waals surface area (Å²) in [6, 6.07) is -0.982. The molecule has 2 aliphatic heterocycles. The lowest BCUT2D eigenvalue weighted by Crippen LogP contribution is -2.54. The van der Waals surface area contributed by atoms with E-state index >= 15 is 0 Å². The second kappa shape index (κ2) is 2.98. The average molecular weight is 198 g/mol. The van der Waals surface area contributed by atoms with Crippen LogP contribution in [0.3, 0.4) is 0 Å². The van der Waals surface area contributed by atoms with Gasteiger partial charge in [-0.1, -0.05) is 0 Å². The number of aliphatic carboxylic acids is 1. The van der Waals surface area contributed by atoms with Crippen molar-refractivity contribution in [3.05, 3.63) is 11.8 Å². The average Bonchev–Trinajstić information content (AvgIpc) is 2.39. The maximum atomic E-state index is 11.1. The molecule has 1 unspecified atom stereocenters. The standard InChI is InChI=1S/C8H10N2O4/c9-2-1-4-7(8(12)13)10-5(11)3-6(10)14-4/h1,6-7H,2-3,9H2,(H,12,13)/b4-1-/t6?,7-/m0/s1. The highest BCUT2D eigenvalue weighted by atomic mass is 16.5. The number of hydrogen-bond donors (Lipinski definition) is 2. The summed E-state index contributed by atoms with van der Waals surface area (Å²) in [6.07, 6.45) is 1.34. The van der Waals surface area contributed by atoms with Crippen LogP contribution in [0.15, 0.2) is 11.8 Å². The second-order valence-corrected chi connectivity index (χ2v) is 3.16. The second-order valence-electron chi connectivity index (χ2n) is 3.16. The molecule has 3 N–H and O–H groups in total. The number of hydrogen-bond acceptors (Lipinski definition) is 4. The van der Waals surface area contributed by atoms with E-state index in [2.05, 4.69) is 0 Å². The van der Waals surface area contributed by atoms with Crippen LogP contribution in [-0.4, -0.2) is 40.7 Å². The van der Waals surface area contributed by atoms with Crippen molar-refractivity contribution in [3.63, 3.8) is 0 Å². The van der Waals surface area contributed by atoms with Gasteiger partial charge >= 0.3 is 5.97 Å². The molecule has 2 fully saturated rings. The zero-order valence-electron chi connectivity index (χ0n) is 7.34. The minimum absolute atomic E-state index is 0.192. The van der Waals surface area contributed by atoms with Crippen molar-refractivity contribution in [2.45, 2.75) is 18.7 Å². The minimum atomic E-state index is -1.08. The molecule has 0 radical (unpaired) electrons. The summed E-state index contributed by atoms with van der Waals surface area (Å²) >= 11 is 0. The summed E-state index contributed by atoms with van der Waals surface area (Å²) in [7, 11) is 0. The molecular formula is C8H10N2O4. The molecular weight excluding hydrogens is 188 g/mol. The van der Waals surface area contributed by atoms with Crippen molar-refractivity contribution in [2.75, 3.05) is 6.54 Å². The summed E-state index contributed by atoms with van der Waals surface area (Å²) in [4.78, 5) is 23.2. The van der Waals surface area contributed by atoms with Crippen molar-refractivity contribution in [1.82, 2.24) is 4.90 Å². The van der Waals surface area contributed by atoms with Crippen LogP contribution in [0.2, 0.25) is 0 Å². The van der Waals surface area contributed by atoms with Gasteiger partial charge < -0.3 is 15.6 Å². The van der Waals surface area contributed by atoms with Crippen LogP contribution >= 0.6 is 0 Å². The molecule has 0 aromatic rings. The molecule has 6 nitrogen and oxygen atoms in total. The molecule has 0 bridgehead atoms. The quantitative estimate of drug-likeness (QED) is 0.548. The van der Waals surface area contributed by atoms with Crippen molar-refractivity contribution >= 4 is 11.9 Å². The van der Waals surface area contributed by atoms with E-state index in [4.69, 9.17) is 15.6 Å². The molecule has 2 atom stereocenters. The fraction of sp³-hybridized carbons (Fsp3) is 0.500.